The lowest BCUT2D eigenvalue weighted by atomic mass is 10.0. The van der Waals surface area contributed by atoms with Crippen LogP contribution >= 0.6 is 22.6 Å². The van der Waals surface area contributed by atoms with E-state index in [9.17, 15) is 14.3 Å². The van der Waals surface area contributed by atoms with Crippen LogP contribution in [0.5, 0.6) is 0 Å². The van der Waals surface area contributed by atoms with Gasteiger partial charge < -0.3 is 10.0 Å². The van der Waals surface area contributed by atoms with E-state index >= 15 is 0 Å². The van der Waals surface area contributed by atoms with Gasteiger partial charge in [0.05, 0.1) is 18.6 Å². The summed E-state index contributed by atoms with van der Waals surface area (Å²) in [6.45, 7) is 0.296. The fourth-order valence-electron chi connectivity index (χ4n) is 3.00. The van der Waals surface area contributed by atoms with E-state index in [1.54, 1.807) is 17.0 Å². The number of hydrogen-bond acceptors (Lipinski definition) is 2. The minimum absolute atomic E-state index is 0.0444. The van der Waals surface area contributed by atoms with Gasteiger partial charge in [-0.1, -0.05) is 24.3 Å². The van der Waals surface area contributed by atoms with Crippen LogP contribution in [0.4, 0.5) is 4.39 Å². The maximum atomic E-state index is 13.5. The van der Waals surface area contributed by atoms with Crippen molar-refractivity contribution in [3.05, 3.63) is 69.0 Å². The van der Waals surface area contributed by atoms with Crippen LogP contribution in [0, 0.1) is 9.39 Å². The highest BCUT2D eigenvalue weighted by Gasteiger charge is 2.35. The van der Waals surface area contributed by atoms with Gasteiger partial charge in [0.15, 0.2) is 0 Å². The minimum Gasteiger partial charge on any atom is -0.391 e. The Hall–Kier alpha value is -1.47. The highest BCUT2D eigenvalue weighted by Crippen LogP contribution is 2.33. The third-order valence-electron chi connectivity index (χ3n) is 4.10. The van der Waals surface area contributed by atoms with Crippen molar-refractivity contribution in [3.63, 3.8) is 0 Å². The number of carbonyl (C=O) groups excluding carboxylic acids is 1. The molecular weight excluding hydrogens is 408 g/mol. The molecule has 1 saturated heterocycles. The topological polar surface area (TPSA) is 40.5 Å². The number of rotatable bonds is 3. The summed E-state index contributed by atoms with van der Waals surface area (Å²) in [4.78, 5) is 14.3. The second-order valence-corrected chi connectivity index (χ2v) is 7.06. The number of likely N-dealkylation sites (tertiary alicyclic amines) is 1. The molecule has 0 spiro atoms. The van der Waals surface area contributed by atoms with E-state index in [2.05, 4.69) is 22.6 Å². The normalized spacial score (nSPS) is 20.7. The molecular formula is C18H17FINO2. The van der Waals surface area contributed by atoms with Crippen molar-refractivity contribution in [1.82, 2.24) is 4.90 Å². The van der Waals surface area contributed by atoms with E-state index in [4.69, 9.17) is 0 Å². The van der Waals surface area contributed by atoms with Crippen molar-refractivity contribution in [2.75, 3.05) is 6.54 Å². The molecule has 3 nitrogen and oxygen atoms in total. The molecule has 1 amide bonds. The van der Waals surface area contributed by atoms with Gasteiger partial charge in [0, 0.05) is 10.1 Å². The highest BCUT2D eigenvalue weighted by atomic mass is 127. The third kappa shape index (κ3) is 3.90. The van der Waals surface area contributed by atoms with Gasteiger partial charge >= 0.3 is 0 Å². The zero-order chi connectivity index (χ0) is 16.4. The number of aliphatic hydroxyl groups excluding tert-OH is 1. The van der Waals surface area contributed by atoms with Gasteiger partial charge in [0.2, 0.25) is 5.91 Å². The van der Waals surface area contributed by atoms with E-state index in [1.807, 2.05) is 24.3 Å². The summed E-state index contributed by atoms with van der Waals surface area (Å²) in [5.41, 5.74) is 1.67. The quantitative estimate of drug-likeness (QED) is 0.767. The minimum atomic E-state index is -0.566. The maximum Gasteiger partial charge on any atom is 0.227 e. The first-order valence-corrected chi connectivity index (χ1v) is 8.58. The largest absolute Gasteiger partial charge is 0.391 e. The summed E-state index contributed by atoms with van der Waals surface area (Å²) in [5, 5.41) is 9.96. The van der Waals surface area contributed by atoms with Gasteiger partial charge in [-0.15, -0.1) is 0 Å². The van der Waals surface area contributed by atoms with Gasteiger partial charge in [-0.3, -0.25) is 4.79 Å². The average Bonchev–Trinajstić information content (AvgIpc) is 2.92. The zero-order valence-corrected chi connectivity index (χ0v) is 14.6. The average molecular weight is 425 g/mol. The van der Waals surface area contributed by atoms with Crippen LogP contribution in [0.1, 0.15) is 23.6 Å². The van der Waals surface area contributed by atoms with Crippen molar-refractivity contribution in [2.24, 2.45) is 0 Å². The van der Waals surface area contributed by atoms with Gasteiger partial charge in [-0.2, -0.15) is 0 Å². The number of nitrogens with zero attached hydrogens (tertiary/aromatic N) is 1. The van der Waals surface area contributed by atoms with Crippen LogP contribution in [0.3, 0.4) is 0 Å². The van der Waals surface area contributed by atoms with E-state index in [-0.39, 0.29) is 24.2 Å². The Balaban J connectivity index is 1.78. The van der Waals surface area contributed by atoms with E-state index in [1.165, 1.54) is 12.1 Å². The molecule has 2 aromatic rings. The van der Waals surface area contributed by atoms with Crippen LogP contribution in [0.15, 0.2) is 48.5 Å². The Morgan fingerprint density at radius 2 is 2.00 bits per heavy atom. The van der Waals surface area contributed by atoms with E-state index in [0.29, 0.717) is 13.0 Å². The zero-order valence-electron chi connectivity index (χ0n) is 12.5. The van der Waals surface area contributed by atoms with Gasteiger partial charge in [0.1, 0.15) is 5.82 Å². The number of halogens is 2. The molecule has 0 radical (unpaired) electrons. The summed E-state index contributed by atoms with van der Waals surface area (Å²) in [5.74, 6) is -0.369. The molecule has 1 heterocycles. The van der Waals surface area contributed by atoms with E-state index < -0.39 is 6.10 Å². The predicted molar refractivity (Wildman–Crippen MR) is 94.3 cm³/mol. The third-order valence-corrected chi connectivity index (χ3v) is 4.82. The number of benzene rings is 2. The molecule has 23 heavy (non-hydrogen) atoms. The Bertz CT molecular complexity index is 704. The molecule has 0 saturated carbocycles. The summed E-state index contributed by atoms with van der Waals surface area (Å²) in [6.07, 6.45) is 0.168. The molecule has 0 aromatic heterocycles. The van der Waals surface area contributed by atoms with Crippen molar-refractivity contribution < 1.29 is 14.3 Å². The van der Waals surface area contributed by atoms with Crippen LogP contribution in [-0.4, -0.2) is 28.6 Å². The van der Waals surface area contributed by atoms with Crippen LogP contribution < -0.4 is 0 Å². The molecule has 1 aliphatic heterocycles. The van der Waals surface area contributed by atoms with Crippen molar-refractivity contribution >= 4 is 28.5 Å². The van der Waals surface area contributed by atoms with Crippen LogP contribution in [0.2, 0.25) is 0 Å². The molecule has 3 rings (SSSR count). The van der Waals surface area contributed by atoms with Crippen molar-refractivity contribution in [2.45, 2.75) is 25.0 Å². The predicted octanol–water partition coefficient (Wildman–Crippen LogP) is 3.31. The van der Waals surface area contributed by atoms with Gasteiger partial charge in [-0.25, -0.2) is 4.39 Å². The molecule has 1 N–H and O–H groups in total. The molecule has 1 fully saturated rings. The smallest absolute Gasteiger partial charge is 0.227 e. The Kier molecular flexibility index (Phi) is 4.96. The Morgan fingerprint density at radius 3 is 2.70 bits per heavy atom. The first-order valence-electron chi connectivity index (χ1n) is 7.50. The first-order chi connectivity index (χ1) is 11.0. The molecule has 0 bridgehead atoms. The summed E-state index contributed by atoms with van der Waals surface area (Å²) in [6, 6.07) is 13.8. The van der Waals surface area contributed by atoms with Crippen LogP contribution in [0.25, 0.3) is 0 Å². The number of hydrogen-bond donors (Lipinski definition) is 1. The van der Waals surface area contributed by atoms with Crippen molar-refractivity contribution in [3.8, 4) is 0 Å². The fourth-order valence-corrected chi connectivity index (χ4v) is 3.36. The van der Waals surface area contributed by atoms with Gasteiger partial charge in [0.25, 0.3) is 0 Å². The maximum absolute atomic E-state index is 13.5. The Morgan fingerprint density at radius 1 is 1.26 bits per heavy atom. The fraction of sp³-hybridized carbons (Fsp3) is 0.278. The summed E-state index contributed by atoms with van der Waals surface area (Å²) >= 11 is 2.22. The molecule has 120 valence electrons. The first kappa shape index (κ1) is 16.4. The lowest BCUT2D eigenvalue weighted by Gasteiger charge is -2.25. The number of carbonyl (C=O) groups is 1. The molecule has 5 heteroatoms. The number of aliphatic hydroxyl groups is 1. The monoisotopic (exact) mass is 425 g/mol. The highest BCUT2D eigenvalue weighted by molar-refractivity contribution is 14.1. The lowest BCUT2D eigenvalue weighted by Crippen LogP contribution is -2.33. The lowest BCUT2D eigenvalue weighted by molar-refractivity contribution is -0.131. The summed E-state index contributed by atoms with van der Waals surface area (Å²) < 4.78 is 14.6. The molecule has 0 aliphatic carbocycles. The Labute approximate surface area is 148 Å². The number of β-amino-alcohol motifs (C(OH)–C–C–N with tert-alkyl or cyclic N) is 1. The molecule has 2 atom stereocenters. The molecule has 0 unspecified atom stereocenters. The van der Waals surface area contributed by atoms with E-state index in [0.717, 1.165) is 14.7 Å². The second-order valence-electron chi connectivity index (χ2n) is 5.81. The standard InChI is InChI=1S/C18H17FINO2/c19-14-3-1-2-13(9-14)17-10-16(22)11-21(17)18(23)8-12-4-6-15(20)7-5-12/h1-7,9,16-17,22H,8,10-11H2/t16-,17+/m0/s1. The summed E-state index contributed by atoms with van der Waals surface area (Å²) in [7, 11) is 0. The molecule has 2 aromatic carbocycles. The van der Waals surface area contributed by atoms with Crippen LogP contribution in [-0.2, 0) is 11.2 Å². The molecule has 1 aliphatic rings. The second kappa shape index (κ2) is 6.97. The van der Waals surface area contributed by atoms with Gasteiger partial charge in [-0.05, 0) is 64.4 Å². The SMILES string of the molecule is O=C(Cc1ccc(I)cc1)N1C[C@@H](O)C[C@@H]1c1cccc(F)c1. The number of amides is 1. The van der Waals surface area contributed by atoms with Crippen molar-refractivity contribution in [1.29, 1.82) is 0 Å².